The molecule has 0 spiro atoms. The Kier molecular flexibility index (Phi) is 7.48. The van der Waals surface area contributed by atoms with Crippen LogP contribution in [0, 0.1) is 11.3 Å². The second-order valence-electron chi connectivity index (χ2n) is 3.39. The molecule has 2 aromatic rings. The number of aromatic nitrogens is 1. The summed E-state index contributed by atoms with van der Waals surface area (Å²) in [4.78, 5) is 0.880. The number of nitrogens with one attached hydrogen (secondary N) is 1. The second kappa shape index (κ2) is 9.18. The third-order valence-electron chi connectivity index (χ3n) is 2.25. The first-order valence-corrected chi connectivity index (χ1v) is 8.27. The molecule has 0 saturated carbocycles. The molecule has 0 saturated heterocycles. The second-order valence-corrected chi connectivity index (χ2v) is 4.99. The lowest BCUT2D eigenvalue weighted by atomic mass is 10.3. The molecule has 1 heterocycles. The van der Waals surface area contributed by atoms with E-state index in [0.717, 1.165) is 15.6 Å². The van der Waals surface area contributed by atoms with Gasteiger partial charge in [-0.15, -0.1) is 11.8 Å². The van der Waals surface area contributed by atoms with Crippen molar-refractivity contribution in [3.63, 3.8) is 0 Å². The average molecular weight is 303 g/mol. The highest BCUT2D eigenvalue weighted by Gasteiger charge is 2.09. The van der Waals surface area contributed by atoms with Crippen LogP contribution in [0.15, 0.2) is 41.6 Å². The Hall–Kier alpha value is -1.77. The van der Waals surface area contributed by atoms with Crippen molar-refractivity contribution in [2.24, 2.45) is 0 Å². The van der Waals surface area contributed by atoms with Crippen molar-refractivity contribution in [3.8, 4) is 6.07 Å². The quantitative estimate of drug-likeness (QED) is 0.821. The Morgan fingerprint density at radius 3 is 2.60 bits per heavy atom. The van der Waals surface area contributed by atoms with Crippen molar-refractivity contribution in [2.45, 2.75) is 18.9 Å². The molecule has 104 valence electrons. The highest BCUT2D eigenvalue weighted by Crippen LogP contribution is 2.26. The van der Waals surface area contributed by atoms with Gasteiger partial charge in [0.2, 0.25) is 0 Å². The summed E-state index contributed by atoms with van der Waals surface area (Å²) in [6.45, 7) is 4.00. The van der Waals surface area contributed by atoms with E-state index in [-0.39, 0.29) is 0 Å². The van der Waals surface area contributed by atoms with Crippen LogP contribution >= 0.6 is 23.3 Å². The predicted octanol–water partition coefficient (Wildman–Crippen LogP) is 4.85. The van der Waals surface area contributed by atoms with Crippen LogP contribution in [0.2, 0.25) is 0 Å². The molecule has 0 atom stereocenters. The number of nitriles is 1. The minimum atomic E-state index is 0.651. The van der Waals surface area contributed by atoms with Crippen LogP contribution in [0.4, 0.5) is 5.69 Å². The molecule has 1 aromatic carbocycles. The summed E-state index contributed by atoms with van der Waals surface area (Å²) in [5.41, 5.74) is 1.67. The number of rotatable bonds is 4. The fourth-order valence-electron chi connectivity index (χ4n) is 1.39. The first-order chi connectivity index (χ1) is 9.85. The molecule has 0 fully saturated rings. The van der Waals surface area contributed by atoms with Crippen molar-refractivity contribution >= 4 is 35.1 Å². The van der Waals surface area contributed by atoms with E-state index in [2.05, 4.69) is 15.8 Å². The Labute approximate surface area is 128 Å². The van der Waals surface area contributed by atoms with Gasteiger partial charge in [-0.1, -0.05) is 32.0 Å². The van der Waals surface area contributed by atoms with Crippen molar-refractivity contribution in [2.75, 3.05) is 11.6 Å². The molecular formula is C15H17N3S2. The minimum Gasteiger partial charge on any atom is -0.362 e. The molecule has 3 nitrogen and oxygen atoms in total. The van der Waals surface area contributed by atoms with E-state index in [9.17, 15) is 0 Å². The number of thioether (sulfide) groups is 1. The highest BCUT2D eigenvalue weighted by molar-refractivity contribution is 7.98. The minimum absolute atomic E-state index is 0.651. The number of hydrogen-bond donors (Lipinski definition) is 1. The van der Waals surface area contributed by atoms with E-state index < -0.39 is 0 Å². The van der Waals surface area contributed by atoms with Gasteiger partial charge in [0.25, 0.3) is 0 Å². The molecule has 0 aliphatic carbocycles. The molecule has 1 aromatic heterocycles. The van der Waals surface area contributed by atoms with Gasteiger partial charge < -0.3 is 5.32 Å². The molecule has 0 unspecified atom stereocenters. The molecule has 0 aliphatic heterocycles. The first kappa shape index (κ1) is 16.3. The zero-order valence-corrected chi connectivity index (χ0v) is 13.4. The Morgan fingerprint density at radius 2 is 2.00 bits per heavy atom. The van der Waals surface area contributed by atoms with E-state index >= 15 is 0 Å². The summed E-state index contributed by atoms with van der Waals surface area (Å²) in [6, 6.07) is 12.1. The largest absolute Gasteiger partial charge is 0.362 e. The molecule has 0 aliphatic rings. The van der Waals surface area contributed by atoms with Crippen LogP contribution in [-0.4, -0.2) is 10.6 Å². The highest BCUT2D eigenvalue weighted by atomic mass is 32.2. The van der Waals surface area contributed by atoms with Gasteiger partial charge in [-0.3, -0.25) is 0 Å². The Morgan fingerprint density at radius 1 is 1.30 bits per heavy atom. The summed E-state index contributed by atoms with van der Waals surface area (Å²) in [6.07, 6.45) is 5.63. The van der Waals surface area contributed by atoms with Gasteiger partial charge in [-0.25, -0.2) is 0 Å². The lowest BCUT2D eigenvalue weighted by Gasteiger charge is -1.98. The van der Waals surface area contributed by atoms with Crippen LogP contribution in [0.3, 0.4) is 0 Å². The maximum Gasteiger partial charge on any atom is 0.128 e. The van der Waals surface area contributed by atoms with Crippen molar-refractivity contribution in [1.29, 1.82) is 5.26 Å². The fourth-order valence-corrected chi connectivity index (χ4v) is 2.86. The van der Waals surface area contributed by atoms with Crippen LogP contribution in [-0.2, 0) is 0 Å². The molecule has 0 radical (unpaired) electrons. The lowest BCUT2D eigenvalue weighted by molar-refractivity contribution is 1.25. The van der Waals surface area contributed by atoms with E-state index in [0.29, 0.717) is 5.56 Å². The van der Waals surface area contributed by atoms with E-state index in [1.807, 2.05) is 62.7 Å². The van der Waals surface area contributed by atoms with Crippen molar-refractivity contribution < 1.29 is 0 Å². The van der Waals surface area contributed by atoms with Crippen molar-refractivity contribution in [3.05, 3.63) is 47.0 Å². The first-order valence-electron chi connectivity index (χ1n) is 6.27. The van der Waals surface area contributed by atoms with Crippen LogP contribution < -0.4 is 5.32 Å². The third kappa shape index (κ3) is 4.41. The molecule has 1 N–H and O–H groups in total. The smallest absolute Gasteiger partial charge is 0.128 e. The maximum absolute atomic E-state index is 9.08. The number of para-hydroxylation sites is 1. The van der Waals surface area contributed by atoms with E-state index in [4.69, 9.17) is 5.26 Å². The SMILES string of the molecule is CC.CSc1nsc(/C=C\Nc2ccccc2)c1C#N. The standard InChI is InChI=1S/C13H11N3S2.C2H6/c1-17-13-11(9-14)12(18-16-13)7-8-15-10-5-3-2-4-6-10;1-2/h2-8,15H,1H3;1-2H3/b8-7-;. The van der Waals surface area contributed by atoms with Crippen LogP contribution in [0.1, 0.15) is 24.3 Å². The fraction of sp³-hybridized carbons (Fsp3) is 0.200. The number of benzene rings is 1. The van der Waals surface area contributed by atoms with Gasteiger partial charge in [-0.05, 0) is 36.0 Å². The number of hydrogen-bond acceptors (Lipinski definition) is 5. The molecule has 20 heavy (non-hydrogen) atoms. The van der Waals surface area contributed by atoms with Crippen LogP contribution in [0.25, 0.3) is 6.08 Å². The third-order valence-corrected chi connectivity index (χ3v) is 3.86. The molecule has 0 amide bonds. The Bertz CT molecular complexity index is 583. The van der Waals surface area contributed by atoms with Gasteiger partial charge in [0.15, 0.2) is 0 Å². The normalized spacial score (nSPS) is 9.70. The lowest BCUT2D eigenvalue weighted by Crippen LogP contribution is -1.85. The molecular weight excluding hydrogens is 286 g/mol. The van der Waals surface area contributed by atoms with Gasteiger partial charge in [0.1, 0.15) is 16.7 Å². The summed E-state index contributed by atoms with van der Waals surface area (Å²) < 4.78 is 4.23. The molecule has 0 bridgehead atoms. The van der Waals surface area contributed by atoms with Gasteiger partial charge in [0.05, 0.1) is 4.88 Å². The summed E-state index contributed by atoms with van der Waals surface area (Å²) in [5.74, 6) is 0. The molecule has 5 heteroatoms. The van der Waals surface area contributed by atoms with Gasteiger partial charge >= 0.3 is 0 Å². The average Bonchev–Trinajstić information content (AvgIpc) is 2.92. The summed E-state index contributed by atoms with van der Waals surface area (Å²) in [5, 5.41) is 13.0. The number of anilines is 1. The predicted molar refractivity (Wildman–Crippen MR) is 89.1 cm³/mol. The Balaban J connectivity index is 0.000000956. The van der Waals surface area contributed by atoms with E-state index in [1.165, 1.54) is 23.3 Å². The van der Waals surface area contributed by atoms with Crippen molar-refractivity contribution in [1.82, 2.24) is 4.37 Å². The zero-order valence-electron chi connectivity index (χ0n) is 11.8. The summed E-state index contributed by atoms with van der Waals surface area (Å²) >= 11 is 2.83. The topological polar surface area (TPSA) is 48.7 Å². The zero-order chi connectivity index (χ0) is 14.8. The number of nitrogens with zero attached hydrogens (tertiary/aromatic N) is 2. The monoisotopic (exact) mass is 303 g/mol. The maximum atomic E-state index is 9.08. The molecule has 2 rings (SSSR count). The summed E-state index contributed by atoms with van der Waals surface area (Å²) in [7, 11) is 0. The van der Waals surface area contributed by atoms with Gasteiger partial charge in [0, 0.05) is 11.9 Å². The van der Waals surface area contributed by atoms with Gasteiger partial charge in [-0.2, -0.15) is 9.64 Å². The van der Waals surface area contributed by atoms with Crippen LogP contribution in [0.5, 0.6) is 0 Å². The van der Waals surface area contributed by atoms with E-state index in [1.54, 1.807) is 0 Å².